The third kappa shape index (κ3) is 3.34. The van der Waals surface area contributed by atoms with E-state index in [-0.39, 0.29) is 23.9 Å². The van der Waals surface area contributed by atoms with Gasteiger partial charge in [-0.1, -0.05) is 23.7 Å². The molecule has 0 saturated heterocycles. The van der Waals surface area contributed by atoms with Crippen molar-refractivity contribution in [3.05, 3.63) is 40.4 Å². The summed E-state index contributed by atoms with van der Waals surface area (Å²) in [4.78, 5) is 11.4. The summed E-state index contributed by atoms with van der Waals surface area (Å²) in [6, 6.07) is 6.41. The number of amides is 1. The second-order valence-corrected chi connectivity index (χ2v) is 8.29. The van der Waals surface area contributed by atoms with Gasteiger partial charge in [-0.3, -0.25) is 4.79 Å². The van der Waals surface area contributed by atoms with E-state index in [9.17, 15) is 17.6 Å². The molecule has 0 saturated carbocycles. The van der Waals surface area contributed by atoms with Crippen molar-refractivity contribution in [3.8, 4) is 0 Å². The van der Waals surface area contributed by atoms with Crippen molar-refractivity contribution in [1.82, 2.24) is 9.62 Å². The van der Waals surface area contributed by atoms with Crippen LogP contribution in [0, 0.1) is 0 Å². The zero-order valence-corrected chi connectivity index (χ0v) is 15.3. The molecule has 8 heteroatoms. The average molecular weight is 375 g/mol. The second-order valence-electron chi connectivity index (χ2n) is 6.05. The summed E-state index contributed by atoms with van der Waals surface area (Å²) in [7, 11) is -3.88. The smallest absolute Gasteiger partial charge is 0.244 e. The predicted molar refractivity (Wildman–Crippen MR) is 92.7 cm³/mol. The molecule has 1 aliphatic rings. The molecule has 1 N–H and O–H groups in total. The van der Waals surface area contributed by atoms with Crippen LogP contribution in [-0.2, 0) is 14.8 Å². The van der Waals surface area contributed by atoms with Crippen LogP contribution >= 0.6 is 11.6 Å². The molecule has 0 bridgehead atoms. The molecule has 1 amide bonds. The van der Waals surface area contributed by atoms with Crippen LogP contribution in [0.3, 0.4) is 0 Å². The maximum Gasteiger partial charge on any atom is 0.244 e. The highest BCUT2D eigenvalue weighted by molar-refractivity contribution is 7.98. The van der Waals surface area contributed by atoms with E-state index in [2.05, 4.69) is 5.32 Å². The standard InChI is InChI=1S/C16H20ClFN2O3S/c1-11(21)19-10-14-15(12-4-6-13(17)7-5-12)24(22,23)20(9-8-18)16(14,2)3/h4-7H,8-10H2,1-3H3,(H,19,21). The zero-order chi connectivity index (χ0) is 18.1. The van der Waals surface area contributed by atoms with Gasteiger partial charge < -0.3 is 5.32 Å². The van der Waals surface area contributed by atoms with E-state index in [1.807, 2.05) is 0 Å². The maximum absolute atomic E-state index is 13.0. The number of sulfonamides is 1. The highest BCUT2D eigenvalue weighted by Gasteiger charge is 2.49. The lowest BCUT2D eigenvalue weighted by Crippen LogP contribution is -2.46. The number of rotatable bonds is 5. The first-order valence-corrected chi connectivity index (χ1v) is 9.27. The van der Waals surface area contributed by atoms with Crippen molar-refractivity contribution >= 4 is 32.4 Å². The molecule has 0 aromatic heterocycles. The molecule has 1 aliphatic heterocycles. The third-order valence-electron chi connectivity index (χ3n) is 4.09. The van der Waals surface area contributed by atoms with E-state index < -0.39 is 22.2 Å². The molecule has 1 aromatic rings. The van der Waals surface area contributed by atoms with Crippen molar-refractivity contribution < 1.29 is 17.6 Å². The van der Waals surface area contributed by atoms with Crippen LogP contribution in [0.2, 0.25) is 5.02 Å². The van der Waals surface area contributed by atoms with Gasteiger partial charge in [-0.2, -0.15) is 4.31 Å². The predicted octanol–water partition coefficient (Wildman–Crippen LogP) is 2.58. The second kappa shape index (κ2) is 6.82. The van der Waals surface area contributed by atoms with Gasteiger partial charge in [-0.05, 0) is 37.1 Å². The molecule has 0 aliphatic carbocycles. The minimum atomic E-state index is -3.88. The van der Waals surface area contributed by atoms with E-state index in [0.717, 1.165) is 4.31 Å². The fourth-order valence-corrected chi connectivity index (χ4v) is 5.34. The SMILES string of the molecule is CC(=O)NCC1=C(c2ccc(Cl)cc2)S(=O)(=O)N(CCF)C1(C)C. The lowest BCUT2D eigenvalue weighted by molar-refractivity contribution is -0.118. The van der Waals surface area contributed by atoms with E-state index >= 15 is 0 Å². The summed E-state index contributed by atoms with van der Waals surface area (Å²) < 4.78 is 40.1. The quantitative estimate of drug-likeness (QED) is 0.861. The molecular weight excluding hydrogens is 355 g/mol. The first kappa shape index (κ1) is 18.9. The van der Waals surface area contributed by atoms with Gasteiger partial charge in [0.2, 0.25) is 15.9 Å². The largest absolute Gasteiger partial charge is 0.352 e. The normalized spacial score (nSPS) is 19.5. The van der Waals surface area contributed by atoms with Gasteiger partial charge in [0.15, 0.2) is 0 Å². The number of nitrogens with zero attached hydrogens (tertiary/aromatic N) is 1. The van der Waals surface area contributed by atoms with E-state index in [0.29, 0.717) is 16.2 Å². The number of alkyl halides is 1. The molecule has 132 valence electrons. The Kier molecular flexibility index (Phi) is 5.37. The molecule has 0 fully saturated rings. The number of carbonyl (C=O) groups is 1. The van der Waals surface area contributed by atoms with Crippen molar-refractivity contribution in [2.45, 2.75) is 26.3 Å². The topological polar surface area (TPSA) is 66.5 Å². The Morgan fingerprint density at radius 2 is 1.88 bits per heavy atom. The molecule has 0 unspecified atom stereocenters. The monoisotopic (exact) mass is 374 g/mol. The number of carbonyl (C=O) groups excluding carboxylic acids is 1. The van der Waals surface area contributed by atoms with Crippen molar-refractivity contribution in [2.75, 3.05) is 19.8 Å². The van der Waals surface area contributed by atoms with Crippen LogP contribution < -0.4 is 5.32 Å². The molecular formula is C16H20ClFN2O3S. The molecule has 0 radical (unpaired) electrons. The van der Waals surface area contributed by atoms with Crippen LogP contribution in [0.5, 0.6) is 0 Å². The first-order chi connectivity index (χ1) is 11.1. The van der Waals surface area contributed by atoms with Gasteiger partial charge in [0.1, 0.15) is 6.67 Å². The lowest BCUT2D eigenvalue weighted by atomic mass is 9.91. The van der Waals surface area contributed by atoms with Gasteiger partial charge in [-0.15, -0.1) is 0 Å². The van der Waals surface area contributed by atoms with Gasteiger partial charge in [0.05, 0.1) is 10.4 Å². The number of hydrogen-bond acceptors (Lipinski definition) is 3. The molecule has 5 nitrogen and oxygen atoms in total. The molecule has 2 rings (SSSR count). The van der Waals surface area contributed by atoms with E-state index in [1.165, 1.54) is 6.92 Å². The summed E-state index contributed by atoms with van der Waals surface area (Å²) in [5, 5.41) is 3.13. The van der Waals surface area contributed by atoms with Crippen molar-refractivity contribution in [3.63, 3.8) is 0 Å². The Morgan fingerprint density at radius 1 is 1.29 bits per heavy atom. The fourth-order valence-electron chi connectivity index (χ4n) is 2.91. The summed E-state index contributed by atoms with van der Waals surface area (Å²) in [5.41, 5.74) is 0.0465. The third-order valence-corrected chi connectivity index (χ3v) is 6.56. The van der Waals surface area contributed by atoms with Crippen LogP contribution in [0.15, 0.2) is 29.8 Å². The number of nitrogens with one attached hydrogen (secondary N) is 1. The van der Waals surface area contributed by atoms with Crippen molar-refractivity contribution in [1.29, 1.82) is 0 Å². The van der Waals surface area contributed by atoms with E-state index in [4.69, 9.17) is 11.6 Å². The fraction of sp³-hybridized carbons (Fsp3) is 0.438. The maximum atomic E-state index is 13.0. The summed E-state index contributed by atoms with van der Waals surface area (Å²) in [6.07, 6.45) is 0. The summed E-state index contributed by atoms with van der Waals surface area (Å²) >= 11 is 5.88. The van der Waals surface area contributed by atoms with Crippen LogP contribution in [0.4, 0.5) is 4.39 Å². The van der Waals surface area contributed by atoms with Crippen LogP contribution in [0.1, 0.15) is 26.3 Å². The van der Waals surface area contributed by atoms with Gasteiger partial charge in [0.25, 0.3) is 0 Å². The minimum absolute atomic E-state index is 0.0717. The Hall–Kier alpha value is -1.44. The van der Waals surface area contributed by atoms with Gasteiger partial charge >= 0.3 is 0 Å². The highest BCUT2D eigenvalue weighted by Crippen LogP contribution is 2.44. The highest BCUT2D eigenvalue weighted by atomic mass is 35.5. The van der Waals surface area contributed by atoms with Gasteiger partial charge in [0, 0.05) is 25.0 Å². The molecule has 0 spiro atoms. The van der Waals surface area contributed by atoms with Crippen LogP contribution in [-0.4, -0.2) is 43.9 Å². The molecule has 24 heavy (non-hydrogen) atoms. The number of halogens is 2. The Labute approximate surface area is 146 Å². The number of benzene rings is 1. The average Bonchev–Trinajstić information content (AvgIpc) is 2.63. The Balaban J connectivity index is 2.65. The number of hydrogen-bond donors (Lipinski definition) is 1. The summed E-state index contributed by atoms with van der Waals surface area (Å²) in [5.74, 6) is -0.268. The molecule has 0 atom stereocenters. The van der Waals surface area contributed by atoms with Gasteiger partial charge in [-0.25, -0.2) is 12.8 Å². The Bertz CT molecular complexity index is 773. The zero-order valence-electron chi connectivity index (χ0n) is 13.8. The first-order valence-electron chi connectivity index (χ1n) is 7.45. The summed E-state index contributed by atoms with van der Waals surface area (Å²) in [6.45, 7) is 3.82. The minimum Gasteiger partial charge on any atom is -0.352 e. The molecule has 1 aromatic carbocycles. The van der Waals surface area contributed by atoms with E-state index in [1.54, 1.807) is 38.1 Å². The van der Waals surface area contributed by atoms with Crippen LogP contribution in [0.25, 0.3) is 4.91 Å². The Morgan fingerprint density at radius 3 is 2.38 bits per heavy atom. The van der Waals surface area contributed by atoms with Crippen molar-refractivity contribution in [2.24, 2.45) is 0 Å². The lowest BCUT2D eigenvalue weighted by Gasteiger charge is -2.31. The molecule has 1 heterocycles.